The summed E-state index contributed by atoms with van der Waals surface area (Å²) in [7, 11) is 1.56. The van der Waals surface area contributed by atoms with Crippen molar-refractivity contribution in [3.05, 3.63) is 51.5 Å². The summed E-state index contributed by atoms with van der Waals surface area (Å²) in [6, 6.07) is 8.08. The number of hydrogen-bond acceptors (Lipinski definition) is 2. The van der Waals surface area contributed by atoms with Crippen molar-refractivity contribution in [2.24, 2.45) is 0 Å². The number of aromatic amines is 1. The van der Waals surface area contributed by atoms with E-state index < -0.39 is 0 Å². The van der Waals surface area contributed by atoms with E-state index >= 15 is 0 Å². The van der Waals surface area contributed by atoms with Crippen molar-refractivity contribution in [2.45, 2.75) is 6.92 Å². The van der Waals surface area contributed by atoms with E-state index in [9.17, 15) is 4.39 Å². The molecule has 1 heterocycles. The molecule has 3 aromatic rings. The van der Waals surface area contributed by atoms with Gasteiger partial charge < -0.3 is 9.72 Å². The minimum atomic E-state index is -0.324. The molecule has 1 aromatic heterocycles. The molecule has 0 saturated heterocycles. The largest absolute Gasteiger partial charge is 0.495 e. The van der Waals surface area contributed by atoms with Crippen LogP contribution in [0, 0.1) is 17.5 Å². The first-order valence-corrected chi connectivity index (χ1v) is 7.04. The summed E-state index contributed by atoms with van der Waals surface area (Å²) in [5.74, 6) is 0.252. The first-order chi connectivity index (χ1) is 10.0. The molecule has 0 atom stereocenters. The van der Waals surface area contributed by atoms with Crippen molar-refractivity contribution in [3.63, 3.8) is 0 Å². The molecule has 0 amide bonds. The van der Waals surface area contributed by atoms with Crippen LogP contribution in [-0.4, -0.2) is 16.7 Å². The molecule has 0 fully saturated rings. The molecule has 2 aromatic carbocycles. The van der Waals surface area contributed by atoms with Gasteiger partial charge >= 0.3 is 0 Å². The topological polar surface area (TPSA) is 29.9 Å². The van der Waals surface area contributed by atoms with Gasteiger partial charge in [0.15, 0.2) is 4.77 Å². The zero-order chi connectivity index (χ0) is 15.1. The Morgan fingerprint density at radius 3 is 2.76 bits per heavy atom. The van der Waals surface area contributed by atoms with Gasteiger partial charge in [0.1, 0.15) is 11.6 Å². The molecular formula is C15H12ClFN2OS. The van der Waals surface area contributed by atoms with Crippen LogP contribution in [0.1, 0.15) is 5.56 Å². The maximum absolute atomic E-state index is 13.6. The maximum atomic E-state index is 13.6. The second-order valence-electron chi connectivity index (χ2n) is 4.70. The van der Waals surface area contributed by atoms with Crippen molar-refractivity contribution in [3.8, 4) is 11.4 Å². The van der Waals surface area contributed by atoms with E-state index in [1.165, 1.54) is 12.1 Å². The van der Waals surface area contributed by atoms with Crippen LogP contribution in [0.25, 0.3) is 16.7 Å². The van der Waals surface area contributed by atoms with E-state index in [-0.39, 0.29) is 5.82 Å². The first-order valence-electron chi connectivity index (χ1n) is 6.26. The summed E-state index contributed by atoms with van der Waals surface area (Å²) in [6.07, 6.45) is 0. The summed E-state index contributed by atoms with van der Waals surface area (Å²) < 4.78 is 21.1. The molecule has 108 valence electrons. The highest BCUT2D eigenvalue weighted by molar-refractivity contribution is 7.71. The number of benzene rings is 2. The number of hydrogen-bond donors (Lipinski definition) is 1. The van der Waals surface area contributed by atoms with Gasteiger partial charge in [-0.3, -0.25) is 4.57 Å². The molecule has 6 heteroatoms. The van der Waals surface area contributed by atoms with E-state index in [2.05, 4.69) is 4.98 Å². The summed E-state index contributed by atoms with van der Waals surface area (Å²) in [6.45, 7) is 1.89. The van der Waals surface area contributed by atoms with E-state index in [1.807, 2.05) is 13.0 Å². The van der Waals surface area contributed by atoms with Gasteiger partial charge in [-0.1, -0.05) is 11.6 Å². The number of halogens is 2. The molecule has 0 aliphatic rings. The lowest BCUT2D eigenvalue weighted by atomic mass is 10.2. The van der Waals surface area contributed by atoms with Crippen LogP contribution in [0.3, 0.4) is 0 Å². The van der Waals surface area contributed by atoms with Gasteiger partial charge in [0, 0.05) is 17.2 Å². The van der Waals surface area contributed by atoms with Crippen molar-refractivity contribution >= 4 is 34.9 Å². The molecule has 0 aliphatic heterocycles. The SMILES string of the molecule is COc1cc(Cl)c(C)cc1-n1c(=S)[nH]c2ccc(F)cc21. The van der Waals surface area contributed by atoms with Crippen molar-refractivity contribution in [2.75, 3.05) is 7.11 Å². The Morgan fingerprint density at radius 2 is 2.05 bits per heavy atom. The number of rotatable bonds is 2. The number of ether oxygens (including phenoxy) is 1. The fraction of sp³-hybridized carbons (Fsp3) is 0.133. The van der Waals surface area contributed by atoms with Gasteiger partial charge in [0.2, 0.25) is 0 Å². The highest BCUT2D eigenvalue weighted by atomic mass is 35.5. The van der Waals surface area contributed by atoms with Gasteiger partial charge in [-0.2, -0.15) is 0 Å². The number of methoxy groups -OCH3 is 1. The summed E-state index contributed by atoms with van der Waals surface area (Å²) in [5, 5.41) is 0.605. The number of nitrogens with zero attached hydrogens (tertiary/aromatic N) is 1. The van der Waals surface area contributed by atoms with Crippen LogP contribution < -0.4 is 4.74 Å². The smallest absolute Gasteiger partial charge is 0.182 e. The lowest BCUT2D eigenvalue weighted by Crippen LogP contribution is -1.99. The fourth-order valence-electron chi connectivity index (χ4n) is 2.30. The zero-order valence-corrected chi connectivity index (χ0v) is 13.0. The third-order valence-corrected chi connectivity index (χ3v) is 4.04. The Labute approximate surface area is 130 Å². The third-order valence-electron chi connectivity index (χ3n) is 3.35. The number of nitrogens with one attached hydrogen (secondary N) is 1. The standard InChI is InChI=1S/C15H12ClFN2OS/c1-8-5-13(14(20-2)7-10(8)16)19-12-6-9(17)3-4-11(12)18-15(19)21/h3-7H,1-2H3,(H,18,21). The van der Waals surface area contributed by atoms with Crippen LogP contribution in [0.15, 0.2) is 30.3 Å². The Hall–Kier alpha value is -1.85. The number of fused-ring (bicyclic) bond motifs is 1. The molecule has 0 unspecified atom stereocenters. The quantitative estimate of drug-likeness (QED) is 0.687. The van der Waals surface area contributed by atoms with E-state index in [4.69, 9.17) is 28.6 Å². The molecule has 0 saturated carbocycles. The van der Waals surface area contributed by atoms with Crippen molar-refractivity contribution in [1.29, 1.82) is 0 Å². The Kier molecular flexibility index (Phi) is 3.47. The molecule has 3 nitrogen and oxygen atoms in total. The molecule has 21 heavy (non-hydrogen) atoms. The maximum Gasteiger partial charge on any atom is 0.182 e. The Balaban J connectivity index is 2.40. The van der Waals surface area contributed by atoms with Crippen molar-refractivity contribution < 1.29 is 9.13 Å². The Bertz CT molecular complexity index is 901. The highest BCUT2D eigenvalue weighted by Crippen LogP contribution is 2.32. The van der Waals surface area contributed by atoms with Gasteiger partial charge in [-0.05, 0) is 42.9 Å². The summed E-state index contributed by atoms with van der Waals surface area (Å²) >= 11 is 11.5. The number of imidazole rings is 1. The first kappa shape index (κ1) is 14.1. The molecule has 0 bridgehead atoms. The van der Waals surface area contributed by atoms with Gasteiger partial charge in [0.05, 0.1) is 23.8 Å². The van der Waals surface area contributed by atoms with Crippen LogP contribution in [0.5, 0.6) is 5.75 Å². The monoisotopic (exact) mass is 322 g/mol. The number of H-pyrrole nitrogens is 1. The molecule has 1 N–H and O–H groups in total. The predicted molar refractivity (Wildman–Crippen MR) is 84.7 cm³/mol. The highest BCUT2D eigenvalue weighted by Gasteiger charge is 2.14. The van der Waals surface area contributed by atoms with E-state index in [0.29, 0.717) is 21.1 Å². The number of aromatic nitrogens is 2. The average Bonchev–Trinajstić information content (AvgIpc) is 2.76. The fourth-order valence-corrected chi connectivity index (χ4v) is 2.76. The molecule has 3 rings (SSSR count). The van der Waals surface area contributed by atoms with Gasteiger partial charge in [-0.15, -0.1) is 0 Å². The van der Waals surface area contributed by atoms with Crippen LogP contribution in [0.4, 0.5) is 4.39 Å². The van der Waals surface area contributed by atoms with Crippen LogP contribution in [-0.2, 0) is 0 Å². The molecule has 0 aliphatic carbocycles. The average molecular weight is 323 g/mol. The lowest BCUT2D eigenvalue weighted by molar-refractivity contribution is 0.413. The minimum Gasteiger partial charge on any atom is -0.495 e. The molecule has 0 radical (unpaired) electrons. The normalized spacial score (nSPS) is 11.0. The second kappa shape index (κ2) is 5.16. The predicted octanol–water partition coefficient (Wildman–Crippen LogP) is 4.80. The Morgan fingerprint density at radius 1 is 1.29 bits per heavy atom. The van der Waals surface area contributed by atoms with Crippen molar-refractivity contribution in [1.82, 2.24) is 9.55 Å². The minimum absolute atomic E-state index is 0.324. The second-order valence-corrected chi connectivity index (χ2v) is 5.49. The zero-order valence-electron chi connectivity index (χ0n) is 11.4. The lowest BCUT2D eigenvalue weighted by Gasteiger charge is -2.12. The van der Waals surface area contributed by atoms with E-state index in [1.54, 1.807) is 23.8 Å². The molecular weight excluding hydrogens is 311 g/mol. The van der Waals surface area contributed by atoms with Crippen LogP contribution >= 0.6 is 23.8 Å². The summed E-state index contributed by atoms with van der Waals surface area (Å²) in [4.78, 5) is 3.06. The summed E-state index contributed by atoms with van der Waals surface area (Å²) in [5.41, 5.74) is 3.03. The number of aryl methyl sites for hydroxylation is 1. The molecule has 0 spiro atoms. The third kappa shape index (κ3) is 2.32. The van der Waals surface area contributed by atoms with Crippen LogP contribution in [0.2, 0.25) is 5.02 Å². The van der Waals surface area contributed by atoms with E-state index in [0.717, 1.165) is 16.8 Å². The van der Waals surface area contributed by atoms with Gasteiger partial charge in [-0.25, -0.2) is 4.39 Å². The van der Waals surface area contributed by atoms with Gasteiger partial charge in [0.25, 0.3) is 0 Å².